The molecule has 0 fully saturated rings. The fourth-order valence-corrected chi connectivity index (χ4v) is 4.34. The van der Waals surface area contributed by atoms with Gasteiger partial charge in [0.25, 0.3) is 0 Å². The largest absolute Gasteiger partial charge is 0.467 e. The number of sulfonamides is 1. The second kappa shape index (κ2) is 9.39. The summed E-state index contributed by atoms with van der Waals surface area (Å²) in [5.74, 6) is 0.188. The first-order valence-corrected chi connectivity index (χ1v) is 11.2. The third-order valence-corrected chi connectivity index (χ3v) is 6.63. The van der Waals surface area contributed by atoms with Crippen LogP contribution in [0.5, 0.6) is 0 Å². The second-order valence-corrected chi connectivity index (χ2v) is 9.42. The minimum atomic E-state index is -3.87. The van der Waals surface area contributed by atoms with Crippen LogP contribution >= 0.6 is 15.9 Å². The Bertz CT molecular complexity index is 1050. The van der Waals surface area contributed by atoms with Crippen molar-refractivity contribution in [1.29, 1.82) is 0 Å². The number of carbonyl (C=O) groups excluding carboxylic acids is 1. The molecule has 0 aliphatic carbocycles. The molecule has 3 aromatic rings. The van der Waals surface area contributed by atoms with Gasteiger partial charge in [0.15, 0.2) is 0 Å². The quantitative estimate of drug-likeness (QED) is 0.535. The number of benzene rings is 2. The van der Waals surface area contributed by atoms with E-state index >= 15 is 0 Å². The van der Waals surface area contributed by atoms with E-state index in [-0.39, 0.29) is 24.5 Å². The lowest BCUT2D eigenvalue weighted by atomic mass is 10.1. The van der Waals surface area contributed by atoms with Gasteiger partial charge in [0, 0.05) is 11.0 Å². The van der Waals surface area contributed by atoms with Crippen LogP contribution < -0.4 is 5.32 Å². The van der Waals surface area contributed by atoms with E-state index in [1.807, 2.05) is 31.2 Å². The fraction of sp³-hybridized carbons (Fsp3) is 0.190. The van der Waals surface area contributed by atoms with E-state index in [4.69, 9.17) is 4.42 Å². The van der Waals surface area contributed by atoms with Crippen LogP contribution in [-0.4, -0.2) is 25.2 Å². The molecule has 0 aliphatic rings. The highest BCUT2D eigenvalue weighted by Gasteiger charge is 2.27. The Kier molecular flexibility index (Phi) is 6.89. The fourth-order valence-electron chi connectivity index (χ4n) is 2.69. The lowest BCUT2D eigenvalue weighted by Gasteiger charge is -2.22. The Morgan fingerprint density at radius 1 is 1.07 bits per heavy atom. The van der Waals surface area contributed by atoms with Gasteiger partial charge < -0.3 is 9.73 Å². The maximum absolute atomic E-state index is 13.2. The molecule has 0 bridgehead atoms. The molecule has 6 nitrogen and oxygen atoms in total. The average molecular weight is 477 g/mol. The molecule has 0 atom stereocenters. The van der Waals surface area contributed by atoms with Gasteiger partial charge in [-0.1, -0.05) is 45.8 Å². The molecule has 0 unspecified atom stereocenters. The third kappa shape index (κ3) is 5.79. The van der Waals surface area contributed by atoms with Crippen LogP contribution in [-0.2, 0) is 27.9 Å². The molecule has 0 saturated carbocycles. The minimum Gasteiger partial charge on any atom is -0.467 e. The topological polar surface area (TPSA) is 79.6 Å². The zero-order valence-electron chi connectivity index (χ0n) is 15.8. The van der Waals surface area contributed by atoms with Crippen molar-refractivity contribution in [1.82, 2.24) is 9.62 Å². The van der Waals surface area contributed by atoms with Gasteiger partial charge in [-0.25, -0.2) is 8.42 Å². The number of hydrogen-bond donors (Lipinski definition) is 1. The van der Waals surface area contributed by atoms with Crippen LogP contribution in [0.25, 0.3) is 0 Å². The maximum Gasteiger partial charge on any atom is 0.243 e. The Morgan fingerprint density at radius 3 is 2.38 bits per heavy atom. The standard InChI is InChI=1S/C21H21BrN2O4S/c1-16-4-6-17(7-5-16)14-24(15-21(25)23-13-19-3-2-12-28-19)29(26,27)20-10-8-18(22)9-11-20/h2-12H,13-15H2,1H3,(H,23,25). The highest BCUT2D eigenvalue weighted by Crippen LogP contribution is 2.21. The number of nitrogens with one attached hydrogen (secondary N) is 1. The summed E-state index contributed by atoms with van der Waals surface area (Å²) < 4.78 is 33.5. The summed E-state index contributed by atoms with van der Waals surface area (Å²) in [7, 11) is -3.87. The molecule has 1 aromatic heterocycles. The highest BCUT2D eigenvalue weighted by molar-refractivity contribution is 9.10. The molecule has 0 spiro atoms. The van der Waals surface area contributed by atoms with Crippen molar-refractivity contribution >= 4 is 31.9 Å². The highest BCUT2D eigenvalue weighted by atomic mass is 79.9. The number of nitrogens with zero attached hydrogens (tertiary/aromatic N) is 1. The molecular formula is C21H21BrN2O4S. The first kappa shape index (κ1) is 21.3. The Balaban J connectivity index is 1.81. The Morgan fingerprint density at radius 2 is 1.76 bits per heavy atom. The molecule has 2 aromatic carbocycles. The molecule has 3 rings (SSSR count). The Hall–Kier alpha value is -2.42. The van der Waals surface area contributed by atoms with E-state index in [0.717, 1.165) is 15.6 Å². The number of halogens is 1. The summed E-state index contributed by atoms with van der Waals surface area (Å²) in [5.41, 5.74) is 1.88. The summed E-state index contributed by atoms with van der Waals surface area (Å²) in [6.07, 6.45) is 1.52. The van der Waals surface area contributed by atoms with E-state index in [2.05, 4.69) is 21.2 Å². The molecule has 1 amide bonds. The van der Waals surface area contributed by atoms with Gasteiger partial charge in [-0.3, -0.25) is 4.79 Å². The normalized spacial score (nSPS) is 11.6. The summed E-state index contributed by atoms with van der Waals surface area (Å²) in [5, 5.41) is 2.70. The minimum absolute atomic E-state index is 0.0901. The molecule has 8 heteroatoms. The van der Waals surface area contributed by atoms with Gasteiger partial charge in [0.2, 0.25) is 15.9 Å². The van der Waals surface area contributed by atoms with E-state index < -0.39 is 15.9 Å². The molecule has 1 heterocycles. The van der Waals surface area contributed by atoms with Crippen LogP contribution in [0.3, 0.4) is 0 Å². The van der Waals surface area contributed by atoms with Crippen molar-refractivity contribution in [2.75, 3.05) is 6.54 Å². The number of hydrogen-bond acceptors (Lipinski definition) is 4. The number of aryl methyl sites for hydroxylation is 1. The van der Waals surface area contributed by atoms with E-state index in [1.54, 1.807) is 24.3 Å². The number of carbonyl (C=O) groups is 1. The Labute approximate surface area is 178 Å². The second-order valence-electron chi connectivity index (χ2n) is 6.57. The lowest BCUT2D eigenvalue weighted by molar-refractivity contribution is -0.121. The summed E-state index contributed by atoms with van der Waals surface area (Å²) in [6.45, 7) is 1.95. The summed E-state index contributed by atoms with van der Waals surface area (Å²) >= 11 is 3.31. The zero-order chi connectivity index (χ0) is 20.9. The summed E-state index contributed by atoms with van der Waals surface area (Å²) in [4.78, 5) is 12.6. The van der Waals surface area contributed by atoms with Crippen molar-refractivity contribution in [3.05, 3.63) is 88.3 Å². The predicted molar refractivity (Wildman–Crippen MR) is 113 cm³/mol. The molecule has 0 saturated heterocycles. The van der Waals surface area contributed by atoms with Crippen molar-refractivity contribution < 1.29 is 17.6 Å². The first-order chi connectivity index (χ1) is 13.8. The molecule has 0 aliphatic heterocycles. The molecule has 1 N–H and O–H groups in total. The molecule has 152 valence electrons. The van der Waals surface area contributed by atoms with Crippen molar-refractivity contribution in [2.45, 2.75) is 24.9 Å². The lowest BCUT2D eigenvalue weighted by Crippen LogP contribution is -2.40. The van der Waals surface area contributed by atoms with Gasteiger partial charge in [-0.2, -0.15) is 4.31 Å². The van der Waals surface area contributed by atoms with Gasteiger partial charge in [0.05, 0.1) is 24.2 Å². The van der Waals surface area contributed by atoms with Gasteiger partial charge in [-0.05, 0) is 48.9 Å². The van der Waals surface area contributed by atoms with E-state index in [1.165, 1.54) is 22.7 Å². The zero-order valence-corrected chi connectivity index (χ0v) is 18.2. The average Bonchev–Trinajstić information content (AvgIpc) is 3.21. The number of furan rings is 1. The van der Waals surface area contributed by atoms with E-state index in [9.17, 15) is 13.2 Å². The maximum atomic E-state index is 13.2. The third-order valence-electron chi connectivity index (χ3n) is 4.29. The van der Waals surface area contributed by atoms with Crippen LogP contribution in [0, 0.1) is 6.92 Å². The first-order valence-electron chi connectivity index (χ1n) is 8.95. The number of amides is 1. The van der Waals surface area contributed by atoms with Crippen LogP contribution in [0.4, 0.5) is 0 Å². The van der Waals surface area contributed by atoms with Gasteiger partial charge in [-0.15, -0.1) is 0 Å². The number of rotatable bonds is 8. The van der Waals surface area contributed by atoms with Crippen molar-refractivity contribution in [3.8, 4) is 0 Å². The van der Waals surface area contributed by atoms with Gasteiger partial charge >= 0.3 is 0 Å². The SMILES string of the molecule is Cc1ccc(CN(CC(=O)NCc2ccco2)S(=O)(=O)c2ccc(Br)cc2)cc1. The van der Waals surface area contributed by atoms with Crippen molar-refractivity contribution in [3.63, 3.8) is 0 Å². The molecule has 0 radical (unpaired) electrons. The van der Waals surface area contributed by atoms with Crippen LogP contribution in [0.1, 0.15) is 16.9 Å². The van der Waals surface area contributed by atoms with Crippen LogP contribution in [0.15, 0.2) is 80.7 Å². The molecular weight excluding hydrogens is 456 g/mol. The molecule has 29 heavy (non-hydrogen) atoms. The van der Waals surface area contributed by atoms with Crippen LogP contribution in [0.2, 0.25) is 0 Å². The monoisotopic (exact) mass is 476 g/mol. The van der Waals surface area contributed by atoms with Gasteiger partial charge in [0.1, 0.15) is 5.76 Å². The summed E-state index contributed by atoms with van der Waals surface area (Å²) in [6, 6.07) is 17.4. The van der Waals surface area contributed by atoms with E-state index in [0.29, 0.717) is 5.76 Å². The van der Waals surface area contributed by atoms with Crippen molar-refractivity contribution in [2.24, 2.45) is 0 Å². The smallest absolute Gasteiger partial charge is 0.243 e. The predicted octanol–water partition coefficient (Wildman–Crippen LogP) is 3.86.